The van der Waals surface area contributed by atoms with Gasteiger partial charge < -0.3 is 20.8 Å². The maximum Gasteiger partial charge on any atom is 0.329 e. The molecule has 0 aliphatic heterocycles. The topological polar surface area (TPSA) is 98.7 Å². The average Bonchev–Trinajstić information content (AvgIpc) is 2.31. The van der Waals surface area contributed by atoms with E-state index in [0.29, 0.717) is 12.8 Å². The number of amides is 2. The molecule has 0 bridgehead atoms. The number of aliphatic hydroxyl groups excluding tert-OH is 1. The molecule has 0 radical (unpaired) electrons. The quantitative estimate of drug-likeness (QED) is 0.600. The SMILES string of the molecule is CCC(C)(NC(=O)NC1CCCCC1O)C(=O)O. The van der Waals surface area contributed by atoms with Gasteiger partial charge in [-0.25, -0.2) is 9.59 Å². The molecule has 3 atom stereocenters. The van der Waals surface area contributed by atoms with Crippen molar-refractivity contribution < 1.29 is 19.8 Å². The second-order valence-electron chi connectivity index (χ2n) is 5.05. The lowest BCUT2D eigenvalue weighted by Gasteiger charge is -2.31. The Bertz CT molecular complexity index is 321. The zero-order chi connectivity index (χ0) is 13.8. The van der Waals surface area contributed by atoms with E-state index in [2.05, 4.69) is 10.6 Å². The Balaban J connectivity index is 2.52. The molecule has 3 unspecified atom stereocenters. The van der Waals surface area contributed by atoms with Crippen LogP contribution in [0.4, 0.5) is 4.79 Å². The summed E-state index contributed by atoms with van der Waals surface area (Å²) < 4.78 is 0. The minimum atomic E-state index is -1.27. The Morgan fingerprint density at radius 1 is 1.33 bits per heavy atom. The van der Waals surface area contributed by atoms with Gasteiger partial charge in [-0.15, -0.1) is 0 Å². The third kappa shape index (κ3) is 3.60. The molecule has 104 valence electrons. The van der Waals surface area contributed by atoms with Crippen LogP contribution in [0, 0.1) is 0 Å². The Morgan fingerprint density at radius 3 is 2.44 bits per heavy atom. The van der Waals surface area contributed by atoms with Crippen molar-refractivity contribution in [1.82, 2.24) is 10.6 Å². The number of carbonyl (C=O) groups excluding carboxylic acids is 1. The van der Waals surface area contributed by atoms with Gasteiger partial charge in [-0.2, -0.15) is 0 Å². The maximum absolute atomic E-state index is 11.7. The predicted molar refractivity (Wildman–Crippen MR) is 66.3 cm³/mol. The maximum atomic E-state index is 11.7. The molecule has 1 rings (SSSR count). The Labute approximate surface area is 107 Å². The number of urea groups is 1. The van der Waals surface area contributed by atoms with E-state index in [1.165, 1.54) is 6.92 Å². The van der Waals surface area contributed by atoms with E-state index >= 15 is 0 Å². The molecule has 4 N–H and O–H groups in total. The molecular formula is C12H22N2O4. The first-order chi connectivity index (χ1) is 8.39. The summed E-state index contributed by atoms with van der Waals surface area (Å²) in [6.45, 7) is 3.16. The van der Waals surface area contributed by atoms with E-state index in [0.717, 1.165) is 19.3 Å². The van der Waals surface area contributed by atoms with Crippen LogP contribution in [0.15, 0.2) is 0 Å². The highest BCUT2D eigenvalue weighted by molar-refractivity contribution is 5.85. The molecule has 0 aromatic carbocycles. The Kier molecular flexibility index (Phi) is 4.95. The predicted octanol–water partition coefficient (Wildman–Crippen LogP) is 0.842. The number of carboxylic acid groups (broad SMARTS) is 1. The summed E-state index contributed by atoms with van der Waals surface area (Å²) >= 11 is 0. The van der Waals surface area contributed by atoms with Crippen LogP contribution in [-0.2, 0) is 4.79 Å². The second kappa shape index (κ2) is 6.04. The minimum absolute atomic E-state index is 0.284. The highest BCUT2D eigenvalue weighted by Crippen LogP contribution is 2.18. The van der Waals surface area contributed by atoms with Gasteiger partial charge in [-0.3, -0.25) is 0 Å². The van der Waals surface area contributed by atoms with Gasteiger partial charge in [0.1, 0.15) is 5.54 Å². The van der Waals surface area contributed by atoms with Gasteiger partial charge in [0.25, 0.3) is 0 Å². The lowest BCUT2D eigenvalue weighted by Crippen LogP contribution is -2.58. The smallest absolute Gasteiger partial charge is 0.329 e. The summed E-state index contributed by atoms with van der Waals surface area (Å²) in [4.78, 5) is 22.8. The first kappa shape index (κ1) is 14.8. The molecule has 0 aromatic heterocycles. The highest BCUT2D eigenvalue weighted by Gasteiger charge is 2.34. The fraction of sp³-hybridized carbons (Fsp3) is 0.833. The Hall–Kier alpha value is -1.30. The fourth-order valence-electron chi connectivity index (χ4n) is 2.03. The number of hydrogen-bond donors (Lipinski definition) is 4. The van der Waals surface area contributed by atoms with E-state index < -0.39 is 23.6 Å². The van der Waals surface area contributed by atoms with Gasteiger partial charge in [0.05, 0.1) is 12.1 Å². The monoisotopic (exact) mass is 258 g/mol. The summed E-state index contributed by atoms with van der Waals surface area (Å²) in [5, 5.41) is 23.9. The molecule has 0 saturated heterocycles. The zero-order valence-corrected chi connectivity index (χ0v) is 10.9. The Morgan fingerprint density at radius 2 is 1.94 bits per heavy atom. The summed E-state index contributed by atoms with van der Waals surface area (Å²) in [6.07, 6.45) is 3.08. The van der Waals surface area contributed by atoms with Crippen LogP contribution >= 0.6 is 0 Å². The third-order valence-corrected chi connectivity index (χ3v) is 3.61. The molecule has 0 heterocycles. The lowest BCUT2D eigenvalue weighted by atomic mass is 9.92. The molecule has 1 aliphatic rings. The molecule has 1 aliphatic carbocycles. The first-order valence-electron chi connectivity index (χ1n) is 6.39. The first-order valence-corrected chi connectivity index (χ1v) is 6.39. The van der Waals surface area contributed by atoms with E-state index in [1.54, 1.807) is 6.92 Å². The molecule has 0 spiro atoms. The van der Waals surface area contributed by atoms with Crippen LogP contribution in [0.25, 0.3) is 0 Å². The van der Waals surface area contributed by atoms with Crippen molar-refractivity contribution in [1.29, 1.82) is 0 Å². The average molecular weight is 258 g/mol. The van der Waals surface area contributed by atoms with Gasteiger partial charge in [0.2, 0.25) is 0 Å². The van der Waals surface area contributed by atoms with Gasteiger partial charge in [0, 0.05) is 0 Å². The lowest BCUT2D eigenvalue weighted by molar-refractivity contribution is -0.143. The van der Waals surface area contributed by atoms with Crippen molar-refractivity contribution in [3.05, 3.63) is 0 Å². The van der Waals surface area contributed by atoms with E-state index in [-0.39, 0.29) is 6.04 Å². The van der Waals surface area contributed by atoms with Crippen molar-refractivity contribution in [3.63, 3.8) is 0 Å². The summed E-state index contributed by atoms with van der Waals surface area (Å²) in [5.41, 5.74) is -1.27. The number of aliphatic carboxylic acids is 1. The fourth-order valence-corrected chi connectivity index (χ4v) is 2.03. The van der Waals surface area contributed by atoms with Crippen LogP contribution in [0.1, 0.15) is 46.0 Å². The molecule has 18 heavy (non-hydrogen) atoms. The van der Waals surface area contributed by atoms with Gasteiger partial charge in [0.15, 0.2) is 0 Å². The third-order valence-electron chi connectivity index (χ3n) is 3.61. The van der Waals surface area contributed by atoms with Crippen LogP contribution < -0.4 is 10.6 Å². The summed E-state index contributed by atoms with van der Waals surface area (Å²) in [6, 6.07) is -0.818. The van der Waals surface area contributed by atoms with Crippen LogP contribution in [0.5, 0.6) is 0 Å². The van der Waals surface area contributed by atoms with Gasteiger partial charge in [-0.05, 0) is 26.2 Å². The molecule has 6 nitrogen and oxygen atoms in total. The van der Waals surface area contributed by atoms with Crippen molar-refractivity contribution in [3.8, 4) is 0 Å². The number of rotatable bonds is 4. The number of carboxylic acids is 1. The number of aliphatic hydroxyl groups is 1. The molecule has 6 heteroatoms. The number of hydrogen-bond acceptors (Lipinski definition) is 3. The van der Waals surface area contributed by atoms with Crippen molar-refractivity contribution in [2.75, 3.05) is 0 Å². The molecular weight excluding hydrogens is 236 g/mol. The summed E-state index contributed by atoms with van der Waals surface area (Å²) in [7, 11) is 0. The molecule has 1 fully saturated rings. The van der Waals surface area contributed by atoms with E-state index in [9.17, 15) is 14.7 Å². The van der Waals surface area contributed by atoms with E-state index in [1.807, 2.05) is 0 Å². The van der Waals surface area contributed by atoms with Crippen LogP contribution in [0.3, 0.4) is 0 Å². The number of carbonyl (C=O) groups is 2. The summed E-state index contributed by atoms with van der Waals surface area (Å²) in [5.74, 6) is -1.07. The van der Waals surface area contributed by atoms with Crippen molar-refractivity contribution >= 4 is 12.0 Å². The zero-order valence-electron chi connectivity index (χ0n) is 10.9. The van der Waals surface area contributed by atoms with Crippen LogP contribution in [-0.4, -0.2) is 39.9 Å². The van der Waals surface area contributed by atoms with Gasteiger partial charge >= 0.3 is 12.0 Å². The largest absolute Gasteiger partial charge is 0.480 e. The van der Waals surface area contributed by atoms with Crippen molar-refractivity contribution in [2.45, 2.75) is 63.6 Å². The normalized spacial score (nSPS) is 27.1. The van der Waals surface area contributed by atoms with Crippen molar-refractivity contribution in [2.24, 2.45) is 0 Å². The minimum Gasteiger partial charge on any atom is -0.480 e. The van der Waals surface area contributed by atoms with Gasteiger partial charge in [-0.1, -0.05) is 19.8 Å². The number of nitrogens with one attached hydrogen (secondary N) is 2. The standard InChI is InChI=1S/C12H22N2O4/c1-3-12(2,10(16)17)14-11(18)13-8-6-4-5-7-9(8)15/h8-9,15H,3-7H2,1-2H3,(H,16,17)(H2,13,14,18). The second-order valence-corrected chi connectivity index (χ2v) is 5.05. The molecule has 2 amide bonds. The highest BCUT2D eigenvalue weighted by atomic mass is 16.4. The molecule has 0 aromatic rings. The van der Waals surface area contributed by atoms with E-state index in [4.69, 9.17) is 5.11 Å². The molecule has 1 saturated carbocycles. The van der Waals surface area contributed by atoms with Crippen LogP contribution in [0.2, 0.25) is 0 Å².